The highest BCUT2D eigenvalue weighted by Crippen LogP contribution is 2.12. The molecule has 2 aliphatic heterocycles. The van der Waals surface area contributed by atoms with Crippen LogP contribution in [-0.2, 0) is 4.79 Å². The molecule has 5 amide bonds. The van der Waals surface area contributed by atoms with Crippen molar-refractivity contribution < 1.29 is 14.4 Å². The minimum atomic E-state index is -0.623. The molecule has 0 aromatic carbocycles. The maximum atomic E-state index is 11.2. The van der Waals surface area contributed by atoms with Gasteiger partial charge in [-0.25, -0.2) is 9.59 Å². The van der Waals surface area contributed by atoms with Crippen molar-refractivity contribution in [1.29, 1.82) is 0 Å². The average Bonchev–Trinajstić information content (AvgIpc) is 2.51. The lowest BCUT2D eigenvalue weighted by atomic mass is 10.4. The number of hydrogen-bond acceptors (Lipinski definition) is 3. The number of nitrogens with one attached hydrogen (secondary N) is 3. The summed E-state index contributed by atoms with van der Waals surface area (Å²) in [4.78, 5) is 33.9. The third-order valence-electron chi connectivity index (χ3n) is 2.08. The summed E-state index contributed by atoms with van der Waals surface area (Å²) in [5, 5.41) is 7.45. The number of urea groups is 2. The molecule has 14 heavy (non-hydrogen) atoms. The second-order valence-electron chi connectivity index (χ2n) is 3.08. The SMILES string of the molecule is NC(=O)CN1C(=O)N[C@H]2NC(=O)N[C@H]21. The van der Waals surface area contributed by atoms with Crippen LogP contribution in [0.25, 0.3) is 0 Å². The van der Waals surface area contributed by atoms with E-state index in [1.165, 1.54) is 4.90 Å². The van der Waals surface area contributed by atoms with E-state index in [2.05, 4.69) is 16.0 Å². The molecule has 8 heteroatoms. The van der Waals surface area contributed by atoms with Crippen molar-refractivity contribution in [2.45, 2.75) is 12.3 Å². The molecule has 2 saturated heterocycles. The molecule has 0 spiro atoms. The van der Waals surface area contributed by atoms with Gasteiger partial charge in [0.05, 0.1) is 0 Å². The molecule has 2 fully saturated rings. The molecule has 5 N–H and O–H groups in total. The lowest BCUT2D eigenvalue weighted by Gasteiger charge is -2.18. The molecule has 2 heterocycles. The van der Waals surface area contributed by atoms with E-state index < -0.39 is 24.3 Å². The minimum Gasteiger partial charge on any atom is -0.368 e. The largest absolute Gasteiger partial charge is 0.368 e. The van der Waals surface area contributed by atoms with E-state index in [-0.39, 0.29) is 12.6 Å². The predicted octanol–water partition coefficient (Wildman–Crippen LogP) is -2.54. The summed E-state index contributed by atoms with van der Waals surface area (Å²) in [7, 11) is 0. The third-order valence-corrected chi connectivity index (χ3v) is 2.08. The molecule has 0 unspecified atom stereocenters. The van der Waals surface area contributed by atoms with Gasteiger partial charge in [-0.15, -0.1) is 0 Å². The smallest absolute Gasteiger partial charge is 0.321 e. The van der Waals surface area contributed by atoms with Crippen molar-refractivity contribution in [3.05, 3.63) is 0 Å². The van der Waals surface area contributed by atoms with Crippen LogP contribution in [0.3, 0.4) is 0 Å². The Balaban J connectivity index is 2.12. The Kier molecular flexibility index (Phi) is 1.69. The highest BCUT2D eigenvalue weighted by Gasteiger charge is 2.45. The Morgan fingerprint density at radius 1 is 1.36 bits per heavy atom. The summed E-state index contributed by atoms with van der Waals surface area (Å²) in [6, 6.07) is -0.805. The van der Waals surface area contributed by atoms with Gasteiger partial charge >= 0.3 is 12.1 Å². The summed E-state index contributed by atoms with van der Waals surface area (Å²) in [6.07, 6.45) is -1.03. The Morgan fingerprint density at radius 3 is 2.71 bits per heavy atom. The molecule has 0 bridgehead atoms. The zero-order valence-corrected chi connectivity index (χ0v) is 7.11. The molecule has 0 aliphatic carbocycles. The van der Waals surface area contributed by atoms with Gasteiger partial charge < -0.3 is 21.7 Å². The zero-order valence-electron chi connectivity index (χ0n) is 7.11. The van der Waals surface area contributed by atoms with Crippen molar-refractivity contribution in [2.24, 2.45) is 5.73 Å². The van der Waals surface area contributed by atoms with Crippen LogP contribution in [-0.4, -0.2) is 41.7 Å². The number of rotatable bonds is 2. The van der Waals surface area contributed by atoms with E-state index in [1.807, 2.05) is 0 Å². The monoisotopic (exact) mass is 199 g/mol. The highest BCUT2D eigenvalue weighted by atomic mass is 16.2. The van der Waals surface area contributed by atoms with E-state index in [0.29, 0.717) is 0 Å². The summed E-state index contributed by atoms with van der Waals surface area (Å²) in [5.41, 5.74) is 4.96. The first-order valence-corrected chi connectivity index (χ1v) is 4.00. The number of fused-ring (bicyclic) bond motifs is 1. The fourth-order valence-corrected chi connectivity index (χ4v) is 1.53. The summed E-state index contributed by atoms with van der Waals surface area (Å²) in [5.74, 6) is -0.623. The van der Waals surface area contributed by atoms with Gasteiger partial charge in [-0.2, -0.15) is 0 Å². The first-order valence-electron chi connectivity index (χ1n) is 4.00. The van der Waals surface area contributed by atoms with Gasteiger partial charge in [0.1, 0.15) is 18.9 Å². The topological polar surface area (TPSA) is 117 Å². The molecule has 76 valence electrons. The summed E-state index contributed by atoms with van der Waals surface area (Å²) >= 11 is 0. The zero-order chi connectivity index (χ0) is 10.3. The van der Waals surface area contributed by atoms with Crippen molar-refractivity contribution in [3.63, 3.8) is 0 Å². The van der Waals surface area contributed by atoms with Gasteiger partial charge in [0.15, 0.2) is 0 Å². The number of primary amides is 1. The van der Waals surface area contributed by atoms with Crippen molar-refractivity contribution in [3.8, 4) is 0 Å². The van der Waals surface area contributed by atoms with E-state index in [9.17, 15) is 14.4 Å². The minimum absolute atomic E-state index is 0.213. The molecule has 2 rings (SSSR count). The van der Waals surface area contributed by atoms with Gasteiger partial charge in [0.2, 0.25) is 5.91 Å². The molecule has 0 aromatic heterocycles. The van der Waals surface area contributed by atoms with Crippen molar-refractivity contribution >= 4 is 18.0 Å². The van der Waals surface area contributed by atoms with Crippen LogP contribution in [0.15, 0.2) is 0 Å². The molecule has 0 radical (unpaired) electrons. The van der Waals surface area contributed by atoms with Gasteiger partial charge in [-0.1, -0.05) is 0 Å². The molecule has 2 atom stereocenters. The summed E-state index contributed by atoms with van der Waals surface area (Å²) < 4.78 is 0. The van der Waals surface area contributed by atoms with Gasteiger partial charge in [-0.3, -0.25) is 9.69 Å². The van der Waals surface area contributed by atoms with Gasteiger partial charge in [0, 0.05) is 0 Å². The highest BCUT2D eigenvalue weighted by molar-refractivity contribution is 5.88. The average molecular weight is 199 g/mol. The van der Waals surface area contributed by atoms with Crippen LogP contribution in [0.1, 0.15) is 0 Å². The number of amides is 5. The maximum absolute atomic E-state index is 11.2. The predicted molar refractivity (Wildman–Crippen MR) is 43.7 cm³/mol. The molecule has 0 saturated carbocycles. The number of hydrogen-bond donors (Lipinski definition) is 4. The number of nitrogens with two attached hydrogens (primary N) is 1. The lowest BCUT2D eigenvalue weighted by molar-refractivity contribution is -0.118. The fourth-order valence-electron chi connectivity index (χ4n) is 1.53. The van der Waals surface area contributed by atoms with Crippen LogP contribution >= 0.6 is 0 Å². The number of carbonyl (C=O) groups is 3. The number of nitrogens with zero attached hydrogens (tertiary/aromatic N) is 1. The van der Waals surface area contributed by atoms with Crippen molar-refractivity contribution in [2.75, 3.05) is 6.54 Å². The van der Waals surface area contributed by atoms with Crippen LogP contribution in [0.2, 0.25) is 0 Å². The standard InChI is InChI=1S/C6H9N5O3/c7-2(12)1-11-4-3(9-6(11)14)8-5(13)10-4/h3-4H,1H2,(H2,7,12)(H,9,14)(H2,8,10,13)/t3-,4+/m1/s1. The van der Waals surface area contributed by atoms with Crippen molar-refractivity contribution in [1.82, 2.24) is 20.9 Å². The molecular formula is C6H9N5O3. The van der Waals surface area contributed by atoms with E-state index >= 15 is 0 Å². The van der Waals surface area contributed by atoms with E-state index in [0.717, 1.165) is 0 Å². The Morgan fingerprint density at radius 2 is 2.07 bits per heavy atom. The third kappa shape index (κ3) is 1.20. The first-order chi connectivity index (χ1) is 6.58. The van der Waals surface area contributed by atoms with E-state index in [4.69, 9.17) is 5.73 Å². The second kappa shape index (κ2) is 2.76. The summed E-state index contributed by atoms with van der Waals surface area (Å²) in [6.45, 7) is -0.213. The molecular weight excluding hydrogens is 190 g/mol. The lowest BCUT2D eigenvalue weighted by Crippen LogP contribution is -2.47. The van der Waals surface area contributed by atoms with E-state index in [1.54, 1.807) is 0 Å². The van der Waals surface area contributed by atoms with Gasteiger partial charge in [0.25, 0.3) is 0 Å². The van der Waals surface area contributed by atoms with Crippen LogP contribution in [0, 0.1) is 0 Å². The maximum Gasteiger partial charge on any atom is 0.321 e. The second-order valence-corrected chi connectivity index (χ2v) is 3.08. The van der Waals surface area contributed by atoms with Crippen LogP contribution in [0.5, 0.6) is 0 Å². The Hall–Kier alpha value is -1.99. The van der Waals surface area contributed by atoms with Crippen LogP contribution in [0.4, 0.5) is 9.59 Å². The van der Waals surface area contributed by atoms with Gasteiger partial charge in [-0.05, 0) is 0 Å². The first kappa shape index (κ1) is 8.60. The quantitative estimate of drug-likeness (QED) is 0.392. The normalized spacial score (nSPS) is 29.3. The Bertz CT molecular complexity index is 317. The Labute approximate surface area is 78.8 Å². The molecule has 0 aromatic rings. The number of carbonyl (C=O) groups excluding carboxylic acids is 3. The van der Waals surface area contributed by atoms with Crippen LogP contribution < -0.4 is 21.7 Å². The molecule has 2 aliphatic rings. The molecule has 8 nitrogen and oxygen atoms in total. The fraction of sp³-hybridized carbons (Fsp3) is 0.500.